The Bertz CT molecular complexity index is 2490. The molecule has 1 aliphatic carbocycles. The van der Waals surface area contributed by atoms with E-state index in [0.717, 1.165) is 0 Å². The van der Waals surface area contributed by atoms with Gasteiger partial charge in [0.1, 0.15) is 0 Å². The lowest BCUT2D eigenvalue weighted by Crippen LogP contribution is -2.14. The molecule has 0 N–H and O–H groups in total. The van der Waals surface area contributed by atoms with Gasteiger partial charge in [0.25, 0.3) is 0 Å². The summed E-state index contributed by atoms with van der Waals surface area (Å²) < 4.78 is 2.53. The van der Waals surface area contributed by atoms with Crippen molar-refractivity contribution in [2.45, 2.75) is 59.3 Å². The molecule has 0 saturated heterocycles. The van der Waals surface area contributed by atoms with Crippen LogP contribution in [0.4, 0.5) is 0 Å². The highest BCUT2D eigenvalue weighted by molar-refractivity contribution is 6.33. The average Bonchev–Trinajstić information content (AvgIpc) is 3.43. The predicted octanol–water partition coefficient (Wildman–Crippen LogP) is 11.9. The number of hydrogen-bond acceptors (Lipinski definition) is 0. The molecule has 8 aromatic rings. The zero-order chi connectivity index (χ0) is 30.3. The molecule has 0 saturated carbocycles. The first-order valence-electron chi connectivity index (χ1n) is 15.9. The minimum atomic E-state index is -0.0239. The smallest absolute Gasteiger partial charge is 0.0620 e. The first-order chi connectivity index (χ1) is 21.0. The Balaban J connectivity index is 1.49. The van der Waals surface area contributed by atoms with E-state index in [1.807, 2.05) is 0 Å². The Labute approximate surface area is 259 Å². The summed E-state index contributed by atoms with van der Waals surface area (Å²) in [5.74, 6) is 0. The van der Waals surface area contributed by atoms with Crippen molar-refractivity contribution in [3.8, 4) is 16.8 Å². The predicted molar refractivity (Wildman–Crippen MR) is 190 cm³/mol. The Morgan fingerprint density at radius 1 is 0.591 bits per heavy atom. The first kappa shape index (κ1) is 25.8. The molecular formula is C43H37N. The van der Waals surface area contributed by atoms with Gasteiger partial charge in [-0.1, -0.05) is 95.3 Å². The van der Waals surface area contributed by atoms with E-state index in [0.29, 0.717) is 0 Å². The number of nitrogens with zero attached hydrogens (tertiary/aromatic N) is 1. The molecule has 0 aliphatic heterocycles. The fourth-order valence-electron chi connectivity index (χ4n) is 8.44. The summed E-state index contributed by atoms with van der Waals surface area (Å²) in [4.78, 5) is 0. The van der Waals surface area contributed by atoms with E-state index in [1.165, 1.54) is 98.8 Å². The molecule has 0 spiro atoms. The molecular weight excluding hydrogens is 530 g/mol. The van der Waals surface area contributed by atoms with Gasteiger partial charge in [0, 0.05) is 27.3 Å². The molecule has 1 heteroatoms. The van der Waals surface area contributed by atoms with Crippen LogP contribution in [-0.4, -0.2) is 4.57 Å². The second-order valence-corrected chi connectivity index (χ2v) is 14.8. The van der Waals surface area contributed by atoms with Crippen LogP contribution in [0.5, 0.6) is 0 Å². The molecule has 0 fully saturated rings. The summed E-state index contributed by atoms with van der Waals surface area (Å²) in [7, 11) is 0. The van der Waals surface area contributed by atoms with Gasteiger partial charge in [0.15, 0.2) is 0 Å². The van der Waals surface area contributed by atoms with Crippen LogP contribution in [-0.2, 0) is 10.8 Å². The lowest BCUT2D eigenvalue weighted by Gasteiger charge is -2.23. The number of benzene rings is 7. The average molecular weight is 568 g/mol. The lowest BCUT2D eigenvalue weighted by molar-refractivity contribution is 0.591. The van der Waals surface area contributed by atoms with Crippen LogP contribution < -0.4 is 0 Å². The van der Waals surface area contributed by atoms with E-state index in [9.17, 15) is 0 Å². The van der Waals surface area contributed by atoms with Crippen molar-refractivity contribution in [3.05, 3.63) is 125 Å². The van der Waals surface area contributed by atoms with Gasteiger partial charge in [0.05, 0.1) is 11.0 Å². The summed E-state index contributed by atoms with van der Waals surface area (Å²) in [6.45, 7) is 16.1. The van der Waals surface area contributed by atoms with Crippen LogP contribution in [0.2, 0.25) is 0 Å². The third-order valence-corrected chi connectivity index (χ3v) is 10.5. The normalized spacial score (nSPS) is 14.4. The third-order valence-electron chi connectivity index (χ3n) is 10.5. The molecule has 0 atom stereocenters. The number of aryl methyl sites for hydroxylation is 2. The third kappa shape index (κ3) is 3.25. The number of hydrogen-bond donors (Lipinski definition) is 0. The summed E-state index contributed by atoms with van der Waals surface area (Å²) in [5, 5.41) is 10.8. The van der Waals surface area contributed by atoms with Crippen LogP contribution in [0.1, 0.15) is 62.4 Å². The molecule has 1 heterocycles. The molecule has 7 aromatic carbocycles. The van der Waals surface area contributed by atoms with E-state index in [-0.39, 0.29) is 10.8 Å². The van der Waals surface area contributed by atoms with Crippen molar-refractivity contribution in [1.29, 1.82) is 0 Å². The standard InChI is InChI=1S/C43H37N/c1-24-18-25(2)20-29(19-24)44-37-17-14-28(42(3,4)5)23-33(37)34-21-26-12-15-31-38-27(13-16-32(39(26)38)41(34)44)22-36-40(31)30-10-8-9-11-35(30)43(36,6)7/h8-23H,1-7H3. The topological polar surface area (TPSA) is 4.93 Å². The molecule has 214 valence electrons. The quantitative estimate of drug-likeness (QED) is 0.174. The van der Waals surface area contributed by atoms with E-state index in [2.05, 4.69) is 150 Å². The van der Waals surface area contributed by atoms with Crippen LogP contribution >= 0.6 is 0 Å². The maximum Gasteiger partial charge on any atom is 0.0620 e. The number of rotatable bonds is 1. The van der Waals surface area contributed by atoms with Gasteiger partial charge in [0.2, 0.25) is 0 Å². The minimum absolute atomic E-state index is 0.0239. The second-order valence-electron chi connectivity index (χ2n) is 14.8. The molecule has 9 rings (SSSR count). The van der Waals surface area contributed by atoms with Crippen LogP contribution in [0, 0.1) is 13.8 Å². The Hall–Kier alpha value is -4.62. The van der Waals surface area contributed by atoms with Crippen molar-refractivity contribution in [2.75, 3.05) is 0 Å². The number of fused-ring (bicyclic) bond motifs is 8. The highest BCUT2D eigenvalue weighted by Gasteiger charge is 2.37. The molecule has 1 aliphatic rings. The highest BCUT2D eigenvalue weighted by Crippen LogP contribution is 2.54. The first-order valence-corrected chi connectivity index (χ1v) is 15.9. The maximum atomic E-state index is 2.53. The van der Waals surface area contributed by atoms with Crippen molar-refractivity contribution < 1.29 is 0 Å². The van der Waals surface area contributed by atoms with Crippen molar-refractivity contribution in [3.63, 3.8) is 0 Å². The fraction of sp³-hybridized carbons (Fsp3) is 0.209. The molecule has 1 nitrogen and oxygen atoms in total. The SMILES string of the molecule is Cc1cc(C)cc(-n2c3ccc(C(C)(C)C)cc3c3cc4ccc5c6c(cc7ccc(c4c75)c32)C(C)(C)c2ccccc2-6)c1. The molecule has 0 radical (unpaired) electrons. The Kier molecular flexibility index (Phi) is 4.87. The summed E-state index contributed by atoms with van der Waals surface area (Å²) in [5.41, 5.74) is 13.5. The van der Waals surface area contributed by atoms with Crippen LogP contribution in [0.25, 0.3) is 70.9 Å². The van der Waals surface area contributed by atoms with E-state index in [1.54, 1.807) is 0 Å². The van der Waals surface area contributed by atoms with Gasteiger partial charge >= 0.3 is 0 Å². The van der Waals surface area contributed by atoms with Crippen molar-refractivity contribution >= 4 is 54.1 Å². The molecule has 1 aromatic heterocycles. The lowest BCUT2D eigenvalue weighted by atomic mass is 9.80. The van der Waals surface area contributed by atoms with Gasteiger partial charge in [-0.25, -0.2) is 0 Å². The highest BCUT2D eigenvalue weighted by atomic mass is 15.0. The zero-order valence-corrected chi connectivity index (χ0v) is 26.7. The molecule has 44 heavy (non-hydrogen) atoms. The van der Waals surface area contributed by atoms with E-state index in [4.69, 9.17) is 0 Å². The molecule has 0 bridgehead atoms. The minimum Gasteiger partial charge on any atom is -0.309 e. The Morgan fingerprint density at radius 2 is 1.27 bits per heavy atom. The van der Waals surface area contributed by atoms with Gasteiger partial charge in [-0.15, -0.1) is 0 Å². The van der Waals surface area contributed by atoms with Gasteiger partial charge in [-0.3, -0.25) is 0 Å². The monoisotopic (exact) mass is 567 g/mol. The maximum absolute atomic E-state index is 2.53. The summed E-state index contributed by atoms with van der Waals surface area (Å²) in [6, 6.07) is 37.6. The van der Waals surface area contributed by atoms with Crippen molar-refractivity contribution in [2.24, 2.45) is 0 Å². The van der Waals surface area contributed by atoms with E-state index < -0.39 is 0 Å². The molecule has 0 unspecified atom stereocenters. The van der Waals surface area contributed by atoms with Crippen LogP contribution in [0.15, 0.2) is 97.1 Å². The number of aromatic nitrogens is 1. The van der Waals surface area contributed by atoms with Gasteiger partial charge < -0.3 is 4.57 Å². The van der Waals surface area contributed by atoms with Crippen LogP contribution in [0.3, 0.4) is 0 Å². The molecule has 0 amide bonds. The van der Waals surface area contributed by atoms with E-state index >= 15 is 0 Å². The fourth-order valence-corrected chi connectivity index (χ4v) is 8.44. The van der Waals surface area contributed by atoms with Crippen molar-refractivity contribution in [1.82, 2.24) is 4.57 Å². The Morgan fingerprint density at radius 3 is 2.02 bits per heavy atom. The van der Waals surface area contributed by atoms with Gasteiger partial charge in [-0.2, -0.15) is 0 Å². The second kappa shape index (κ2) is 8.30. The zero-order valence-electron chi connectivity index (χ0n) is 26.7. The largest absolute Gasteiger partial charge is 0.309 e. The summed E-state index contributed by atoms with van der Waals surface area (Å²) in [6.07, 6.45) is 0. The van der Waals surface area contributed by atoms with Gasteiger partial charge in [-0.05, 0) is 122 Å². The summed E-state index contributed by atoms with van der Waals surface area (Å²) >= 11 is 0.